The third-order valence-corrected chi connectivity index (χ3v) is 4.74. The van der Waals surface area contributed by atoms with Gasteiger partial charge >= 0.3 is 0 Å². The third-order valence-electron chi connectivity index (χ3n) is 4.74. The van der Waals surface area contributed by atoms with Crippen LogP contribution in [-0.2, 0) is 6.42 Å². The monoisotopic (exact) mass is 389 g/mol. The van der Waals surface area contributed by atoms with Crippen LogP contribution in [0.3, 0.4) is 0 Å². The van der Waals surface area contributed by atoms with Gasteiger partial charge in [-0.25, -0.2) is 0 Å². The topological polar surface area (TPSA) is 12.5 Å². The van der Waals surface area contributed by atoms with Crippen molar-refractivity contribution in [3.8, 4) is 5.75 Å². The van der Waals surface area contributed by atoms with E-state index >= 15 is 0 Å². The summed E-state index contributed by atoms with van der Waals surface area (Å²) in [6, 6.07) is 19.1. The van der Waals surface area contributed by atoms with Crippen LogP contribution in [0.5, 0.6) is 5.75 Å². The molecule has 0 spiro atoms. The van der Waals surface area contributed by atoms with Gasteiger partial charge in [0.1, 0.15) is 5.75 Å². The van der Waals surface area contributed by atoms with Crippen LogP contribution in [0.2, 0.25) is 0 Å². The number of nitrogens with zero attached hydrogens (tertiary/aromatic N) is 1. The largest absolute Gasteiger partial charge is 0.493 e. The maximum Gasteiger partial charge on any atom is 0.122 e. The van der Waals surface area contributed by atoms with Gasteiger partial charge < -0.3 is 9.64 Å². The maximum atomic E-state index is 6.14. The summed E-state index contributed by atoms with van der Waals surface area (Å²) in [6.07, 6.45) is 7.15. The average molecular weight is 390 g/mol. The van der Waals surface area contributed by atoms with Crippen molar-refractivity contribution in [2.45, 2.75) is 52.4 Å². The number of para-hydroxylation sites is 1. The van der Waals surface area contributed by atoms with Gasteiger partial charge in [0.2, 0.25) is 0 Å². The minimum atomic E-state index is 0. The maximum absolute atomic E-state index is 6.14. The van der Waals surface area contributed by atoms with Crippen LogP contribution in [0.25, 0.3) is 0 Å². The molecular formula is C24H36ClNO. The summed E-state index contributed by atoms with van der Waals surface area (Å²) < 4.78 is 6.14. The highest BCUT2D eigenvalue weighted by atomic mass is 35.5. The quantitative estimate of drug-likeness (QED) is 0.369. The molecule has 0 fully saturated rings. The number of benzene rings is 2. The number of unbranched alkanes of at least 4 members (excludes halogenated alkanes) is 2. The number of hydrogen-bond donors (Lipinski definition) is 0. The molecule has 0 aliphatic heterocycles. The molecule has 2 nitrogen and oxygen atoms in total. The first-order valence-electron chi connectivity index (χ1n) is 10.3. The highest BCUT2D eigenvalue weighted by Crippen LogP contribution is 2.21. The Labute approximate surface area is 172 Å². The Morgan fingerprint density at radius 3 is 2.00 bits per heavy atom. The van der Waals surface area contributed by atoms with E-state index in [1.54, 1.807) is 0 Å². The van der Waals surface area contributed by atoms with Crippen LogP contribution >= 0.6 is 12.4 Å². The van der Waals surface area contributed by atoms with Gasteiger partial charge in [0.25, 0.3) is 0 Å². The lowest BCUT2D eigenvalue weighted by atomic mass is 10.0. The highest BCUT2D eigenvalue weighted by Gasteiger charge is 2.06. The molecule has 0 saturated heterocycles. The van der Waals surface area contributed by atoms with Crippen molar-refractivity contribution >= 4 is 12.4 Å². The molecule has 0 radical (unpaired) electrons. The van der Waals surface area contributed by atoms with Crippen molar-refractivity contribution < 1.29 is 4.74 Å². The summed E-state index contributed by atoms with van der Waals surface area (Å²) in [5, 5.41) is 0. The SMILES string of the molecule is CCCCN(CCCC)CCCOc1ccccc1Cc1ccccc1.Cl. The smallest absolute Gasteiger partial charge is 0.122 e. The van der Waals surface area contributed by atoms with Crippen molar-refractivity contribution in [1.29, 1.82) is 0 Å². The third kappa shape index (κ3) is 9.30. The van der Waals surface area contributed by atoms with E-state index in [0.29, 0.717) is 0 Å². The molecule has 150 valence electrons. The minimum Gasteiger partial charge on any atom is -0.493 e. The van der Waals surface area contributed by atoms with E-state index in [4.69, 9.17) is 4.74 Å². The van der Waals surface area contributed by atoms with E-state index in [9.17, 15) is 0 Å². The highest BCUT2D eigenvalue weighted by molar-refractivity contribution is 5.85. The number of ether oxygens (including phenoxy) is 1. The first-order chi connectivity index (χ1) is 12.8. The Hall–Kier alpha value is -1.51. The normalized spacial score (nSPS) is 10.6. The lowest BCUT2D eigenvalue weighted by molar-refractivity contribution is 0.228. The molecule has 0 amide bonds. The molecule has 0 bridgehead atoms. The summed E-state index contributed by atoms with van der Waals surface area (Å²) in [6.45, 7) is 8.92. The second-order valence-electron chi connectivity index (χ2n) is 7.02. The van der Waals surface area contributed by atoms with Crippen LogP contribution in [0, 0.1) is 0 Å². The molecule has 0 saturated carbocycles. The fourth-order valence-corrected chi connectivity index (χ4v) is 3.18. The predicted octanol–water partition coefficient (Wildman–Crippen LogP) is 6.37. The molecule has 2 aromatic carbocycles. The Kier molecular flexibility index (Phi) is 12.7. The summed E-state index contributed by atoms with van der Waals surface area (Å²) in [5.74, 6) is 1.03. The van der Waals surface area contributed by atoms with E-state index in [0.717, 1.165) is 31.7 Å². The molecule has 0 aliphatic carbocycles. The van der Waals surface area contributed by atoms with Gasteiger partial charge in [-0.1, -0.05) is 75.2 Å². The zero-order valence-corrected chi connectivity index (χ0v) is 17.8. The summed E-state index contributed by atoms with van der Waals surface area (Å²) >= 11 is 0. The minimum absolute atomic E-state index is 0. The second-order valence-corrected chi connectivity index (χ2v) is 7.02. The van der Waals surface area contributed by atoms with Crippen molar-refractivity contribution in [2.75, 3.05) is 26.2 Å². The van der Waals surface area contributed by atoms with Crippen LogP contribution in [-0.4, -0.2) is 31.1 Å². The van der Waals surface area contributed by atoms with E-state index in [1.807, 2.05) is 0 Å². The Morgan fingerprint density at radius 2 is 1.33 bits per heavy atom. The molecule has 0 N–H and O–H groups in total. The van der Waals surface area contributed by atoms with Gasteiger partial charge in [-0.3, -0.25) is 0 Å². The van der Waals surface area contributed by atoms with Crippen LogP contribution < -0.4 is 4.74 Å². The number of rotatable bonds is 13. The molecule has 3 heteroatoms. The molecule has 0 unspecified atom stereocenters. The van der Waals surface area contributed by atoms with Crippen LogP contribution in [0.15, 0.2) is 54.6 Å². The van der Waals surface area contributed by atoms with Gasteiger partial charge in [-0.2, -0.15) is 0 Å². The lowest BCUT2D eigenvalue weighted by Crippen LogP contribution is -2.28. The van der Waals surface area contributed by atoms with Crippen LogP contribution in [0.1, 0.15) is 57.1 Å². The first kappa shape index (κ1) is 23.5. The summed E-state index contributed by atoms with van der Waals surface area (Å²) in [7, 11) is 0. The molecule has 2 rings (SSSR count). The van der Waals surface area contributed by atoms with E-state index in [-0.39, 0.29) is 12.4 Å². The van der Waals surface area contributed by atoms with E-state index < -0.39 is 0 Å². The van der Waals surface area contributed by atoms with Gasteiger partial charge in [-0.05, 0) is 49.5 Å². The number of halogens is 1. The lowest BCUT2D eigenvalue weighted by Gasteiger charge is -2.22. The predicted molar refractivity (Wildman–Crippen MR) is 119 cm³/mol. The molecule has 0 aromatic heterocycles. The Bertz CT molecular complexity index is 594. The van der Waals surface area contributed by atoms with Gasteiger partial charge in [0, 0.05) is 13.0 Å². The number of hydrogen-bond acceptors (Lipinski definition) is 2. The molecule has 2 aromatic rings. The Balaban J connectivity index is 0.00000364. The van der Waals surface area contributed by atoms with Crippen molar-refractivity contribution in [3.63, 3.8) is 0 Å². The zero-order valence-electron chi connectivity index (χ0n) is 17.0. The van der Waals surface area contributed by atoms with Gasteiger partial charge in [0.15, 0.2) is 0 Å². The van der Waals surface area contributed by atoms with Crippen molar-refractivity contribution in [1.82, 2.24) is 4.90 Å². The summed E-state index contributed by atoms with van der Waals surface area (Å²) in [5.41, 5.74) is 2.60. The molecule has 0 atom stereocenters. The average Bonchev–Trinajstić information content (AvgIpc) is 2.68. The molecule has 0 heterocycles. The molecule has 27 heavy (non-hydrogen) atoms. The molecule has 0 aliphatic rings. The summed E-state index contributed by atoms with van der Waals surface area (Å²) in [4.78, 5) is 2.60. The van der Waals surface area contributed by atoms with Crippen molar-refractivity contribution in [3.05, 3.63) is 65.7 Å². The van der Waals surface area contributed by atoms with Crippen molar-refractivity contribution in [2.24, 2.45) is 0 Å². The van der Waals surface area contributed by atoms with E-state index in [1.165, 1.54) is 49.9 Å². The molecular weight excluding hydrogens is 354 g/mol. The standard InChI is InChI=1S/C24H35NO.ClH/c1-3-5-17-25(18-6-4-2)19-12-20-26-24-16-11-10-15-23(24)21-22-13-8-7-9-14-22;/h7-11,13-16H,3-6,12,17-21H2,1-2H3;1H. The Morgan fingerprint density at radius 1 is 0.741 bits per heavy atom. The fraction of sp³-hybridized carbons (Fsp3) is 0.500. The van der Waals surface area contributed by atoms with Gasteiger partial charge in [-0.15, -0.1) is 12.4 Å². The first-order valence-corrected chi connectivity index (χ1v) is 10.3. The van der Waals surface area contributed by atoms with E-state index in [2.05, 4.69) is 73.3 Å². The zero-order chi connectivity index (χ0) is 18.5. The van der Waals surface area contributed by atoms with Gasteiger partial charge in [0.05, 0.1) is 6.61 Å². The van der Waals surface area contributed by atoms with Crippen LogP contribution in [0.4, 0.5) is 0 Å². The second kappa shape index (κ2) is 14.5. The fourth-order valence-electron chi connectivity index (χ4n) is 3.18.